The Bertz CT molecular complexity index is 292. The average Bonchev–Trinajstić information content (AvgIpc) is 2.76. The summed E-state index contributed by atoms with van der Waals surface area (Å²) in [4.78, 5) is 0. The molecule has 0 radical (unpaired) electrons. The first-order valence-corrected chi connectivity index (χ1v) is 14.1. The molecule has 30 heavy (non-hydrogen) atoms. The summed E-state index contributed by atoms with van der Waals surface area (Å²) >= 11 is 0. The number of rotatable bonds is 26. The lowest BCUT2D eigenvalue weighted by Gasteiger charge is -2.06. The van der Waals surface area contributed by atoms with E-state index in [1.54, 1.807) is 0 Å². The summed E-state index contributed by atoms with van der Waals surface area (Å²) < 4.78 is 0. The Hall–Kier alpha value is -0.0800. The van der Waals surface area contributed by atoms with Crippen molar-refractivity contribution in [1.29, 1.82) is 0 Å². The fourth-order valence-electron chi connectivity index (χ4n) is 4.43. The Labute approximate surface area is 190 Å². The molecule has 0 saturated carbocycles. The summed E-state index contributed by atoms with van der Waals surface area (Å²) in [6.07, 6.45) is 34.1. The van der Waals surface area contributed by atoms with E-state index in [-0.39, 0.29) is 6.61 Å². The maximum Gasteiger partial charge on any atom is 0.0770 e. The molecular formula is C28H58O2. The highest BCUT2D eigenvalue weighted by Gasteiger charge is 2.00. The van der Waals surface area contributed by atoms with Crippen LogP contribution in [0, 0.1) is 0 Å². The maximum absolute atomic E-state index is 9.29. The van der Waals surface area contributed by atoms with Crippen LogP contribution in [0.25, 0.3) is 0 Å². The Balaban J connectivity index is 3.00. The first-order valence-electron chi connectivity index (χ1n) is 14.1. The van der Waals surface area contributed by atoms with Crippen LogP contribution in [0.3, 0.4) is 0 Å². The molecule has 0 aromatic rings. The largest absolute Gasteiger partial charge is 0.394 e. The Kier molecular flexibility index (Phi) is 26.9. The van der Waals surface area contributed by atoms with Gasteiger partial charge in [-0.2, -0.15) is 0 Å². The lowest BCUT2D eigenvalue weighted by atomic mass is 10.0. The van der Waals surface area contributed by atoms with Gasteiger partial charge in [0.2, 0.25) is 0 Å². The van der Waals surface area contributed by atoms with Gasteiger partial charge in [0.05, 0.1) is 12.7 Å². The molecular weight excluding hydrogens is 368 g/mol. The zero-order chi connectivity index (χ0) is 22.0. The molecule has 2 N–H and O–H groups in total. The van der Waals surface area contributed by atoms with Gasteiger partial charge in [0.1, 0.15) is 0 Å². The minimum absolute atomic E-state index is 0.0840. The highest BCUT2D eigenvalue weighted by molar-refractivity contribution is 4.54. The van der Waals surface area contributed by atoms with E-state index in [2.05, 4.69) is 6.92 Å². The van der Waals surface area contributed by atoms with Gasteiger partial charge < -0.3 is 10.2 Å². The average molecular weight is 427 g/mol. The summed E-state index contributed by atoms with van der Waals surface area (Å²) in [5.74, 6) is 0. The van der Waals surface area contributed by atoms with E-state index in [1.807, 2.05) is 0 Å². The number of unbranched alkanes of at least 4 members (excludes halogenated alkanes) is 23. The maximum atomic E-state index is 9.29. The summed E-state index contributed by atoms with van der Waals surface area (Å²) in [6.45, 7) is 2.21. The van der Waals surface area contributed by atoms with E-state index in [0.717, 1.165) is 12.8 Å². The number of aliphatic hydroxyl groups excluding tert-OH is 2. The second-order valence-electron chi connectivity index (χ2n) is 9.76. The highest BCUT2D eigenvalue weighted by atomic mass is 16.3. The van der Waals surface area contributed by atoms with Gasteiger partial charge in [-0.1, -0.05) is 161 Å². The molecule has 1 atom stereocenters. The molecule has 0 spiro atoms. The third kappa shape index (κ3) is 26.0. The third-order valence-corrected chi connectivity index (χ3v) is 6.60. The van der Waals surface area contributed by atoms with Crippen LogP contribution in [0.5, 0.6) is 0 Å². The van der Waals surface area contributed by atoms with Gasteiger partial charge in [-0.05, 0) is 6.42 Å². The molecule has 0 saturated heterocycles. The van der Waals surface area contributed by atoms with Crippen molar-refractivity contribution in [3.8, 4) is 0 Å². The van der Waals surface area contributed by atoms with E-state index in [0.29, 0.717) is 0 Å². The lowest BCUT2D eigenvalue weighted by Crippen LogP contribution is -2.10. The minimum atomic E-state index is -0.496. The zero-order valence-corrected chi connectivity index (χ0v) is 20.9. The van der Waals surface area contributed by atoms with E-state index < -0.39 is 6.10 Å². The standard InChI is InChI=1S/C28H58O2/c1-2-3-4-5-6-7-8-9-10-11-12-13-14-15-16-17-18-19-20-21-22-23-24-25-26-28(30)27-29/h28-30H,2-27H2,1H3. The first kappa shape index (κ1) is 29.9. The molecule has 2 heteroatoms. The molecule has 0 aliphatic heterocycles. The van der Waals surface area contributed by atoms with Gasteiger partial charge in [0, 0.05) is 0 Å². The van der Waals surface area contributed by atoms with Crippen LogP contribution >= 0.6 is 0 Å². The second kappa shape index (κ2) is 27.0. The summed E-state index contributed by atoms with van der Waals surface area (Å²) in [5, 5.41) is 18.1. The van der Waals surface area contributed by atoms with Crippen molar-refractivity contribution >= 4 is 0 Å². The summed E-state index contributed by atoms with van der Waals surface area (Å²) in [6, 6.07) is 0. The fraction of sp³-hybridized carbons (Fsp3) is 1.00. The summed E-state index contributed by atoms with van der Waals surface area (Å²) in [5.41, 5.74) is 0. The van der Waals surface area contributed by atoms with E-state index >= 15 is 0 Å². The van der Waals surface area contributed by atoms with Gasteiger partial charge in [0.15, 0.2) is 0 Å². The molecule has 0 aromatic carbocycles. The van der Waals surface area contributed by atoms with Crippen LogP contribution in [-0.2, 0) is 0 Å². The molecule has 0 aliphatic rings. The Morgan fingerprint density at radius 1 is 0.400 bits per heavy atom. The van der Waals surface area contributed by atoms with Crippen molar-refractivity contribution in [3.63, 3.8) is 0 Å². The van der Waals surface area contributed by atoms with E-state index in [4.69, 9.17) is 5.11 Å². The van der Waals surface area contributed by atoms with Crippen LogP contribution in [0.4, 0.5) is 0 Å². The van der Waals surface area contributed by atoms with Crippen molar-refractivity contribution in [2.45, 2.75) is 174 Å². The van der Waals surface area contributed by atoms with Crippen molar-refractivity contribution in [1.82, 2.24) is 0 Å². The van der Waals surface area contributed by atoms with Crippen LogP contribution in [0.15, 0.2) is 0 Å². The molecule has 1 unspecified atom stereocenters. The van der Waals surface area contributed by atoms with Gasteiger partial charge in [-0.15, -0.1) is 0 Å². The monoisotopic (exact) mass is 426 g/mol. The molecule has 0 heterocycles. The van der Waals surface area contributed by atoms with Crippen LogP contribution < -0.4 is 0 Å². The van der Waals surface area contributed by atoms with Crippen molar-refractivity contribution < 1.29 is 10.2 Å². The van der Waals surface area contributed by atoms with Gasteiger partial charge >= 0.3 is 0 Å². The van der Waals surface area contributed by atoms with Crippen molar-refractivity contribution in [3.05, 3.63) is 0 Å². The normalized spacial score (nSPS) is 12.5. The van der Waals surface area contributed by atoms with Crippen LogP contribution in [-0.4, -0.2) is 22.9 Å². The summed E-state index contributed by atoms with van der Waals surface area (Å²) in [7, 11) is 0. The predicted molar refractivity (Wildman–Crippen MR) is 134 cm³/mol. The van der Waals surface area contributed by atoms with Gasteiger partial charge in [-0.25, -0.2) is 0 Å². The van der Waals surface area contributed by atoms with E-state index in [9.17, 15) is 5.11 Å². The van der Waals surface area contributed by atoms with Crippen molar-refractivity contribution in [2.24, 2.45) is 0 Å². The number of aliphatic hydroxyl groups is 2. The molecule has 0 aromatic heterocycles. The Morgan fingerprint density at radius 2 is 0.633 bits per heavy atom. The van der Waals surface area contributed by atoms with Crippen LogP contribution in [0.2, 0.25) is 0 Å². The molecule has 0 bridgehead atoms. The number of hydrogen-bond acceptors (Lipinski definition) is 2. The minimum Gasteiger partial charge on any atom is -0.394 e. The first-order chi connectivity index (χ1) is 14.8. The second-order valence-corrected chi connectivity index (χ2v) is 9.76. The lowest BCUT2D eigenvalue weighted by molar-refractivity contribution is 0.0860. The van der Waals surface area contributed by atoms with Crippen molar-refractivity contribution in [2.75, 3.05) is 6.61 Å². The topological polar surface area (TPSA) is 40.5 Å². The molecule has 0 amide bonds. The molecule has 0 rings (SSSR count). The quantitative estimate of drug-likeness (QED) is 0.135. The SMILES string of the molecule is CCCCCCCCCCCCCCCCCCCCCCCCCCC(O)CO. The zero-order valence-electron chi connectivity index (χ0n) is 20.9. The Morgan fingerprint density at radius 3 is 0.867 bits per heavy atom. The highest BCUT2D eigenvalue weighted by Crippen LogP contribution is 2.15. The molecule has 2 nitrogen and oxygen atoms in total. The van der Waals surface area contributed by atoms with Crippen LogP contribution in [0.1, 0.15) is 167 Å². The van der Waals surface area contributed by atoms with Gasteiger partial charge in [-0.3, -0.25) is 0 Å². The molecule has 0 fully saturated rings. The molecule has 182 valence electrons. The number of hydrogen-bond donors (Lipinski definition) is 2. The predicted octanol–water partition coefficient (Wildman–Crippen LogP) is 9.11. The van der Waals surface area contributed by atoms with E-state index in [1.165, 1.54) is 148 Å². The molecule has 0 aliphatic carbocycles. The fourth-order valence-corrected chi connectivity index (χ4v) is 4.43. The smallest absolute Gasteiger partial charge is 0.0770 e. The van der Waals surface area contributed by atoms with Gasteiger partial charge in [0.25, 0.3) is 0 Å². The third-order valence-electron chi connectivity index (χ3n) is 6.60.